The van der Waals surface area contributed by atoms with Gasteiger partial charge in [-0.05, 0) is 80.5 Å². The van der Waals surface area contributed by atoms with Gasteiger partial charge in [-0.1, -0.05) is 65.7 Å². The molecule has 3 rings (SSSR count). The zero-order valence-electron chi connectivity index (χ0n) is 18.4. The van der Waals surface area contributed by atoms with Gasteiger partial charge >= 0.3 is 7.82 Å². The number of hydrogen-bond donors (Lipinski definition) is 2. The molecule has 0 atom stereocenters. The molecule has 0 aliphatic rings. The van der Waals surface area contributed by atoms with Crippen molar-refractivity contribution >= 4 is 7.82 Å². The Morgan fingerprint density at radius 2 is 1.07 bits per heavy atom. The van der Waals surface area contributed by atoms with Crippen molar-refractivity contribution in [3.8, 4) is 0 Å². The van der Waals surface area contributed by atoms with E-state index in [1.807, 2.05) is 96.1 Å². The van der Waals surface area contributed by atoms with E-state index in [-0.39, 0.29) is 0 Å². The van der Waals surface area contributed by atoms with Crippen molar-refractivity contribution in [1.29, 1.82) is 0 Å². The van der Waals surface area contributed by atoms with Crippen LogP contribution in [-0.4, -0.2) is 9.79 Å². The number of phosphoric ester groups is 1. The molecule has 0 aliphatic carbocycles. The molecule has 158 valence electrons. The highest BCUT2D eigenvalue weighted by atomic mass is 31.2. The van der Waals surface area contributed by atoms with Crippen LogP contribution >= 0.6 is 7.82 Å². The van der Waals surface area contributed by atoms with Gasteiger partial charge < -0.3 is 9.79 Å². The van der Waals surface area contributed by atoms with Crippen LogP contribution < -0.4 is 0 Å². The summed E-state index contributed by atoms with van der Waals surface area (Å²) < 4.78 is 18.3. The first kappa shape index (κ1) is 22.5. The molecule has 0 amide bonds. The molecule has 5 heteroatoms. The first-order valence-corrected chi connectivity index (χ1v) is 11.5. The Bertz CT molecular complexity index is 1030. The molecule has 30 heavy (non-hydrogen) atoms. The molecule has 0 aliphatic heterocycles. The van der Waals surface area contributed by atoms with Crippen molar-refractivity contribution < 1.29 is 18.9 Å². The highest BCUT2D eigenvalue weighted by molar-refractivity contribution is 7.46. The first-order chi connectivity index (χ1) is 14.0. The van der Waals surface area contributed by atoms with Gasteiger partial charge in [0.15, 0.2) is 5.60 Å². The molecule has 0 bridgehead atoms. The Hall–Kier alpha value is -2.23. The normalized spacial score (nSPS) is 12.3. The van der Waals surface area contributed by atoms with Crippen molar-refractivity contribution in [3.05, 3.63) is 105 Å². The zero-order chi connectivity index (χ0) is 22.3. The van der Waals surface area contributed by atoms with Crippen LogP contribution in [0.1, 0.15) is 50.1 Å². The summed E-state index contributed by atoms with van der Waals surface area (Å²) >= 11 is 0. The SMILES string of the molecule is Cc1cc(C)c(C(OP(=O)(O)O)(c2ccccc2)c2c(C)cc(C)cc2C)c(C)c1. The zero-order valence-corrected chi connectivity index (χ0v) is 19.2. The van der Waals surface area contributed by atoms with Gasteiger partial charge in [-0.2, -0.15) is 0 Å². The third-order valence-electron chi connectivity index (χ3n) is 5.49. The predicted octanol–water partition coefficient (Wildman–Crippen LogP) is 5.94. The maximum atomic E-state index is 12.4. The van der Waals surface area contributed by atoms with Crippen molar-refractivity contribution in [2.24, 2.45) is 0 Å². The summed E-state index contributed by atoms with van der Waals surface area (Å²) in [5.74, 6) is 0. The molecule has 4 nitrogen and oxygen atoms in total. The minimum absolute atomic E-state index is 0.679. The third-order valence-corrected chi connectivity index (χ3v) is 6.01. The largest absolute Gasteiger partial charge is 0.471 e. The molecular weight excluding hydrogens is 395 g/mol. The fourth-order valence-electron chi connectivity index (χ4n) is 4.88. The van der Waals surface area contributed by atoms with Crippen LogP contribution in [0.25, 0.3) is 0 Å². The Morgan fingerprint density at radius 3 is 1.40 bits per heavy atom. The summed E-state index contributed by atoms with van der Waals surface area (Å²) in [6.45, 7) is 11.9. The van der Waals surface area contributed by atoms with Gasteiger partial charge in [0.05, 0.1) is 0 Å². The van der Waals surface area contributed by atoms with Gasteiger partial charge in [0.25, 0.3) is 0 Å². The Kier molecular flexibility index (Phi) is 6.08. The fourth-order valence-corrected chi connectivity index (χ4v) is 5.52. The van der Waals surface area contributed by atoms with Crippen LogP contribution in [0.4, 0.5) is 0 Å². The molecule has 0 spiro atoms. The van der Waals surface area contributed by atoms with Gasteiger partial charge in [0, 0.05) is 0 Å². The number of benzene rings is 3. The van der Waals surface area contributed by atoms with E-state index in [1.165, 1.54) is 0 Å². The lowest BCUT2D eigenvalue weighted by Gasteiger charge is -2.39. The molecular formula is C25H29O4P. The summed E-state index contributed by atoms with van der Waals surface area (Å²) in [4.78, 5) is 20.2. The fraction of sp³-hybridized carbons (Fsp3) is 0.280. The average Bonchev–Trinajstić information content (AvgIpc) is 2.59. The van der Waals surface area contributed by atoms with Crippen LogP contribution in [0.3, 0.4) is 0 Å². The van der Waals surface area contributed by atoms with Crippen LogP contribution in [0.5, 0.6) is 0 Å². The molecule has 0 aromatic heterocycles. The smallest absolute Gasteiger partial charge is 0.303 e. The molecule has 2 N–H and O–H groups in total. The van der Waals surface area contributed by atoms with E-state index in [0.29, 0.717) is 5.56 Å². The summed E-state index contributed by atoms with van der Waals surface area (Å²) in [6, 6.07) is 17.5. The summed E-state index contributed by atoms with van der Waals surface area (Å²) in [5, 5.41) is 0. The Labute approximate surface area is 178 Å². The van der Waals surface area contributed by atoms with Crippen LogP contribution in [-0.2, 0) is 14.7 Å². The van der Waals surface area contributed by atoms with Crippen molar-refractivity contribution in [1.82, 2.24) is 0 Å². The minimum Gasteiger partial charge on any atom is -0.303 e. The number of phosphoric acid groups is 1. The lowest BCUT2D eigenvalue weighted by Crippen LogP contribution is -2.35. The van der Waals surface area contributed by atoms with Crippen molar-refractivity contribution in [3.63, 3.8) is 0 Å². The first-order valence-electron chi connectivity index (χ1n) is 9.94. The van der Waals surface area contributed by atoms with Gasteiger partial charge in [-0.15, -0.1) is 0 Å². The number of hydrogen-bond acceptors (Lipinski definition) is 2. The lowest BCUT2D eigenvalue weighted by atomic mass is 9.73. The van der Waals surface area contributed by atoms with Crippen molar-refractivity contribution in [2.75, 3.05) is 0 Å². The second-order valence-electron chi connectivity index (χ2n) is 8.18. The molecule has 3 aromatic rings. The van der Waals surface area contributed by atoms with Crippen molar-refractivity contribution in [2.45, 2.75) is 47.1 Å². The highest BCUT2D eigenvalue weighted by Crippen LogP contribution is 2.55. The summed E-state index contributed by atoms with van der Waals surface area (Å²) in [6.07, 6.45) is 0. The van der Waals surface area contributed by atoms with Gasteiger partial charge in [-0.3, -0.25) is 4.52 Å². The van der Waals surface area contributed by atoms with Crippen LogP contribution in [0.15, 0.2) is 54.6 Å². The maximum absolute atomic E-state index is 12.4. The van der Waals surface area contributed by atoms with E-state index in [0.717, 1.165) is 44.5 Å². The molecule has 3 aromatic carbocycles. The van der Waals surface area contributed by atoms with E-state index >= 15 is 0 Å². The summed E-state index contributed by atoms with van der Waals surface area (Å²) in [5.41, 5.74) is 6.60. The Morgan fingerprint density at radius 1 is 0.700 bits per heavy atom. The van der Waals surface area contributed by atoms with E-state index in [4.69, 9.17) is 4.52 Å². The molecule has 0 unspecified atom stereocenters. The van der Waals surface area contributed by atoms with E-state index in [2.05, 4.69) is 0 Å². The molecule has 0 heterocycles. The highest BCUT2D eigenvalue weighted by Gasteiger charge is 2.46. The van der Waals surface area contributed by atoms with E-state index in [9.17, 15) is 14.4 Å². The second kappa shape index (κ2) is 8.13. The number of rotatable bonds is 5. The standard InChI is InChI=1S/C25H29O4P/c1-16-12-18(3)23(19(4)13-16)25(29-30(26,27)28,22-10-8-7-9-11-22)24-20(5)14-17(2)15-21(24)6/h7-15H,1-6H3,(H2,26,27,28). The predicted molar refractivity (Wildman–Crippen MR) is 121 cm³/mol. The maximum Gasteiger partial charge on any atom is 0.471 e. The monoisotopic (exact) mass is 424 g/mol. The van der Waals surface area contributed by atoms with Gasteiger partial charge in [0.2, 0.25) is 0 Å². The summed E-state index contributed by atoms with van der Waals surface area (Å²) in [7, 11) is -4.89. The molecule has 0 saturated heterocycles. The second-order valence-corrected chi connectivity index (χ2v) is 9.34. The minimum atomic E-state index is -4.89. The number of aryl methyl sites for hydroxylation is 6. The molecule has 0 saturated carbocycles. The van der Waals surface area contributed by atoms with E-state index < -0.39 is 13.4 Å². The average molecular weight is 424 g/mol. The quantitative estimate of drug-likeness (QED) is 0.393. The molecule has 0 fully saturated rings. The Balaban J connectivity index is 2.59. The molecule has 0 radical (unpaired) electrons. The van der Waals surface area contributed by atoms with Gasteiger partial charge in [-0.25, -0.2) is 4.57 Å². The third kappa shape index (κ3) is 4.14. The van der Waals surface area contributed by atoms with E-state index in [1.54, 1.807) is 0 Å². The lowest BCUT2D eigenvalue weighted by molar-refractivity contribution is 0.0957. The van der Waals surface area contributed by atoms with Gasteiger partial charge in [0.1, 0.15) is 0 Å². The topological polar surface area (TPSA) is 66.8 Å². The van der Waals surface area contributed by atoms with Crippen LogP contribution in [0.2, 0.25) is 0 Å². The van der Waals surface area contributed by atoms with Crippen LogP contribution in [0, 0.1) is 41.5 Å².